The zero-order chi connectivity index (χ0) is 18.0. The minimum atomic E-state index is -4.55. The fraction of sp³-hybridized carbons (Fsp3) is 0.0833. The van der Waals surface area contributed by atoms with Gasteiger partial charge in [-0.05, 0) is 24.3 Å². The van der Waals surface area contributed by atoms with Crippen LogP contribution in [0, 0.1) is 10.1 Å². The molecular weight excluding hydrogens is 353 g/mol. The number of nitrogens with zero attached hydrogens (tertiary/aromatic N) is 2. The number of hydrogen-bond donors (Lipinski definition) is 2. The zero-order valence-electron chi connectivity index (χ0n) is 11.6. The molecule has 0 unspecified atom stereocenters. The van der Waals surface area contributed by atoms with Gasteiger partial charge in [0, 0.05) is 18.3 Å². The molecule has 8 nitrogen and oxygen atoms in total. The Morgan fingerprint density at radius 3 is 2.17 bits per heavy atom. The maximum atomic E-state index is 12.4. The number of non-ortho nitro benzene ring substituents is 1. The quantitative estimate of drug-likeness (QED) is 0.623. The van der Waals surface area contributed by atoms with Crippen LogP contribution in [0.2, 0.25) is 0 Å². The average molecular weight is 362 g/mol. The molecule has 0 aliphatic heterocycles. The zero-order valence-corrected chi connectivity index (χ0v) is 12.4. The third-order valence-corrected chi connectivity index (χ3v) is 4.03. The van der Waals surface area contributed by atoms with Crippen molar-refractivity contribution in [1.82, 2.24) is 9.82 Å². The number of alkyl halides is 3. The third kappa shape index (κ3) is 4.17. The van der Waals surface area contributed by atoms with Gasteiger partial charge in [0.15, 0.2) is 0 Å². The minimum absolute atomic E-state index is 0.159. The molecule has 0 amide bonds. The van der Waals surface area contributed by atoms with E-state index in [2.05, 4.69) is 10.4 Å². The number of pyridine rings is 1. The predicted molar refractivity (Wildman–Crippen MR) is 76.3 cm³/mol. The van der Waals surface area contributed by atoms with Gasteiger partial charge in [-0.3, -0.25) is 15.5 Å². The van der Waals surface area contributed by atoms with Gasteiger partial charge in [0.2, 0.25) is 0 Å². The number of hydrazine groups is 1. The van der Waals surface area contributed by atoms with Crippen molar-refractivity contribution < 1.29 is 26.5 Å². The van der Waals surface area contributed by atoms with Crippen LogP contribution >= 0.6 is 0 Å². The Bertz CT molecular complexity index is 836. The number of nitrogens with one attached hydrogen (secondary N) is 2. The molecule has 12 heteroatoms. The summed E-state index contributed by atoms with van der Waals surface area (Å²) >= 11 is 0. The molecule has 0 aliphatic rings. The van der Waals surface area contributed by atoms with E-state index in [1.165, 1.54) is 0 Å². The first-order valence-electron chi connectivity index (χ1n) is 6.15. The van der Waals surface area contributed by atoms with E-state index < -0.39 is 26.7 Å². The van der Waals surface area contributed by atoms with Crippen LogP contribution in [0.4, 0.5) is 24.7 Å². The van der Waals surface area contributed by atoms with Crippen molar-refractivity contribution >= 4 is 21.5 Å². The Labute approximate surface area is 133 Å². The van der Waals surface area contributed by atoms with E-state index in [4.69, 9.17) is 0 Å². The van der Waals surface area contributed by atoms with Gasteiger partial charge in [-0.2, -0.15) is 13.2 Å². The van der Waals surface area contributed by atoms with Gasteiger partial charge in [0.1, 0.15) is 5.82 Å². The first-order chi connectivity index (χ1) is 11.1. The van der Waals surface area contributed by atoms with Crippen LogP contribution in [-0.4, -0.2) is 18.3 Å². The van der Waals surface area contributed by atoms with Gasteiger partial charge >= 0.3 is 6.18 Å². The molecule has 1 aromatic heterocycles. The Kier molecular flexibility index (Phi) is 4.71. The Hall–Kier alpha value is -2.73. The van der Waals surface area contributed by atoms with Crippen LogP contribution in [0.3, 0.4) is 0 Å². The molecular formula is C12H9F3N4O4S. The summed E-state index contributed by atoms with van der Waals surface area (Å²) in [6, 6.07) is 5.72. The first-order valence-corrected chi connectivity index (χ1v) is 7.63. The number of sulfonamides is 1. The Morgan fingerprint density at radius 2 is 1.71 bits per heavy atom. The largest absolute Gasteiger partial charge is 0.417 e. The van der Waals surface area contributed by atoms with Gasteiger partial charge in [0.05, 0.1) is 15.4 Å². The third-order valence-electron chi connectivity index (χ3n) is 2.76. The maximum Gasteiger partial charge on any atom is 0.417 e. The van der Waals surface area contributed by atoms with Crippen LogP contribution in [0.1, 0.15) is 5.56 Å². The number of nitro groups is 1. The molecule has 0 fully saturated rings. The molecule has 1 heterocycles. The molecule has 24 heavy (non-hydrogen) atoms. The fourth-order valence-corrected chi connectivity index (χ4v) is 2.41. The SMILES string of the molecule is O=[N+]([O-])c1ccc(S(=O)(=O)NNc2ccc(C(F)(F)F)cn2)cc1. The van der Waals surface area contributed by atoms with Crippen molar-refractivity contribution in [3.8, 4) is 0 Å². The van der Waals surface area contributed by atoms with E-state index in [0.29, 0.717) is 6.20 Å². The van der Waals surface area contributed by atoms with Gasteiger partial charge in [0.25, 0.3) is 15.7 Å². The highest BCUT2D eigenvalue weighted by Crippen LogP contribution is 2.28. The van der Waals surface area contributed by atoms with Crippen molar-refractivity contribution in [2.24, 2.45) is 0 Å². The lowest BCUT2D eigenvalue weighted by Crippen LogP contribution is -2.30. The van der Waals surface area contributed by atoms with Crippen molar-refractivity contribution in [3.63, 3.8) is 0 Å². The van der Waals surface area contributed by atoms with Crippen LogP contribution in [0.25, 0.3) is 0 Å². The number of benzene rings is 1. The molecule has 0 radical (unpaired) electrons. The van der Waals surface area contributed by atoms with Crippen molar-refractivity contribution in [1.29, 1.82) is 0 Å². The molecule has 0 saturated carbocycles. The number of rotatable bonds is 5. The van der Waals surface area contributed by atoms with E-state index in [1.807, 2.05) is 4.83 Å². The molecule has 0 atom stereocenters. The molecule has 2 rings (SSSR count). The van der Waals surface area contributed by atoms with E-state index >= 15 is 0 Å². The lowest BCUT2D eigenvalue weighted by atomic mass is 10.3. The van der Waals surface area contributed by atoms with Gasteiger partial charge in [-0.25, -0.2) is 13.4 Å². The van der Waals surface area contributed by atoms with Crippen LogP contribution in [0.5, 0.6) is 0 Å². The number of aromatic nitrogens is 1. The number of nitro benzene ring substituents is 1. The second-order valence-electron chi connectivity index (χ2n) is 4.41. The van der Waals surface area contributed by atoms with Crippen LogP contribution in [0.15, 0.2) is 47.5 Å². The highest BCUT2D eigenvalue weighted by atomic mass is 32.2. The Morgan fingerprint density at radius 1 is 1.08 bits per heavy atom. The van der Waals surface area contributed by atoms with Crippen molar-refractivity contribution in [2.45, 2.75) is 11.1 Å². The summed E-state index contributed by atoms with van der Waals surface area (Å²) in [4.78, 5) is 14.9. The summed E-state index contributed by atoms with van der Waals surface area (Å²) in [5.74, 6) is -0.159. The highest BCUT2D eigenvalue weighted by Gasteiger charge is 2.30. The van der Waals surface area contributed by atoms with Crippen LogP contribution < -0.4 is 10.3 Å². The molecule has 1 aromatic carbocycles. The van der Waals surface area contributed by atoms with Crippen molar-refractivity contribution in [2.75, 3.05) is 5.43 Å². The molecule has 2 N–H and O–H groups in total. The van der Waals surface area contributed by atoms with E-state index in [0.717, 1.165) is 36.4 Å². The number of halogens is 3. The second kappa shape index (κ2) is 6.41. The summed E-state index contributed by atoms with van der Waals surface area (Å²) < 4.78 is 61.1. The van der Waals surface area contributed by atoms with Gasteiger partial charge < -0.3 is 0 Å². The smallest absolute Gasteiger partial charge is 0.292 e. The summed E-state index contributed by atoms with van der Waals surface area (Å²) in [5.41, 5.74) is 0.883. The number of anilines is 1. The van der Waals surface area contributed by atoms with E-state index in [-0.39, 0.29) is 16.4 Å². The van der Waals surface area contributed by atoms with E-state index in [9.17, 15) is 31.7 Å². The molecule has 2 aromatic rings. The lowest BCUT2D eigenvalue weighted by molar-refractivity contribution is -0.384. The molecule has 0 bridgehead atoms. The standard InChI is InChI=1S/C12H9F3N4O4S/c13-12(14,15)8-1-6-11(16-7-8)17-18-24(22,23)10-4-2-9(3-5-10)19(20)21/h1-7,18H,(H,16,17). The summed E-state index contributed by atoms with van der Waals surface area (Å²) in [5, 5.41) is 10.5. The average Bonchev–Trinajstić information content (AvgIpc) is 2.52. The topological polar surface area (TPSA) is 114 Å². The highest BCUT2D eigenvalue weighted by molar-refractivity contribution is 7.89. The monoisotopic (exact) mass is 362 g/mol. The summed E-state index contributed by atoms with van der Waals surface area (Å²) in [6.45, 7) is 0. The minimum Gasteiger partial charge on any atom is -0.292 e. The predicted octanol–water partition coefficient (Wildman–Crippen LogP) is 2.31. The maximum absolute atomic E-state index is 12.4. The molecule has 0 aliphatic carbocycles. The van der Waals surface area contributed by atoms with Gasteiger partial charge in [-0.1, -0.05) is 0 Å². The Balaban J connectivity index is 2.08. The molecule has 0 spiro atoms. The first kappa shape index (κ1) is 17.6. The summed E-state index contributed by atoms with van der Waals surface area (Å²) in [6.07, 6.45) is -4.01. The summed E-state index contributed by atoms with van der Waals surface area (Å²) in [7, 11) is -4.09. The number of hydrogen-bond acceptors (Lipinski definition) is 6. The second-order valence-corrected chi connectivity index (χ2v) is 6.09. The van der Waals surface area contributed by atoms with Gasteiger partial charge in [-0.15, -0.1) is 4.83 Å². The van der Waals surface area contributed by atoms with E-state index in [1.54, 1.807) is 0 Å². The van der Waals surface area contributed by atoms with Crippen LogP contribution in [-0.2, 0) is 16.2 Å². The fourth-order valence-electron chi connectivity index (χ4n) is 1.56. The lowest BCUT2D eigenvalue weighted by Gasteiger charge is -2.10. The molecule has 128 valence electrons. The molecule has 0 saturated heterocycles. The van der Waals surface area contributed by atoms with Crippen molar-refractivity contribution in [3.05, 3.63) is 58.3 Å². The normalized spacial score (nSPS) is 12.0.